The van der Waals surface area contributed by atoms with Crippen molar-refractivity contribution in [2.24, 2.45) is 5.73 Å². The van der Waals surface area contributed by atoms with Crippen LogP contribution in [-0.4, -0.2) is 16.8 Å². The number of amides is 2. The number of nitrogens with two attached hydrogens (primary N) is 1. The molecule has 3 N–H and O–H groups in total. The molecule has 92 valence electrons. The van der Waals surface area contributed by atoms with Crippen LogP contribution >= 0.6 is 22.9 Å². The van der Waals surface area contributed by atoms with Crippen molar-refractivity contribution in [3.05, 3.63) is 45.9 Å². The van der Waals surface area contributed by atoms with Crippen molar-refractivity contribution in [2.75, 3.05) is 5.32 Å². The van der Waals surface area contributed by atoms with Gasteiger partial charge in [0.15, 0.2) is 5.13 Å². The van der Waals surface area contributed by atoms with Gasteiger partial charge in [0.2, 0.25) is 0 Å². The van der Waals surface area contributed by atoms with Crippen LogP contribution in [0.25, 0.3) is 0 Å². The third-order valence-electron chi connectivity index (χ3n) is 2.09. The molecule has 1 aromatic carbocycles. The number of carbonyl (C=O) groups excluding carboxylic acids is 2. The monoisotopic (exact) mass is 281 g/mol. The maximum atomic E-state index is 11.9. The number of thiazole rings is 1. The Morgan fingerprint density at radius 1 is 1.33 bits per heavy atom. The van der Waals surface area contributed by atoms with Crippen LogP contribution in [0.1, 0.15) is 20.0 Å². The number of hydrogen-bond acceptors (Lipinski definition) is 4. The standard InChI is InChI=1S/C11H8ClN3O2S/c12-7-4-2-1-3-6(7)10(17)15-11-14-5-8(18-11)9(13)16/h1-5H,(H2,13,16)(H,14,15,17). The van der Waals surface area contributed by atoms with Crippen LogP contribution in [0.2, 0.25) is 5.02 Å². The van der Waals surface area contributed by atoms with Crippen molar-refractivity contribution >= 4 is 39.9 Å². The fourth-order valence-corrected chi connectivity index (χ4v) is 2.14. The smallest absolute Gasteiger partial charge is 0.260 e. The van der Waals surface area contributed by atoms with Gasteiger partial charge < -0.3 is 5.73 Å². The molecule has 0 bridgehead atoms. The SMILES string of the molecule is NC(=O)c1cnc(NC(=O)c2ccccc2Cl)s1. The molecule has 0 aliphatic rings. The summed E-state index contributed by atoms with van der Waals surface area (Å²) in [4.78, 5) is 26.9. The third kappa shape index (κ3) is 2.66. The van der Waals surface area contributed by atoms with E-state index < -0.39 is 5.91 Å². The van der Waals surface area contributed by atoms with Gasteiger partial charge in [-0.1, -0.05) is 35.1 Å². The molecule has 2 amide bonds. The fourth-order valence-electron chi connectivity index (χ4n) is 1.26. The van der Waals surface area contributed by atoms with Crippen LogP contribution in [0.15, 0.2) is 30.5 Å². The molecule has 18 heavy (non-hydrogen) atoms. The highest BCUT2D eigenvalue weighted by atomic mass is 35.5. The molecule has 0 spiro atoms. The Morgan fingerprint density at radius 2 is 2.06 bits per heavy atom. The zero-order valence-electron chi connectivity index (χ0n) is 9.01. The maximum absolute atomic E-state index is 11.9. The normalized spacial score (nSPS) is 10.1. The molecule has 2 aromatic rings. The van der Waals surface area contributed by atoms with E-state index in [4.69, 9.17) is 17.3 Å². The minimum atomic E-state index is -0.578. The van der Waals surface area contributed by atoms with Gasteiger partial charge in [-0.2, -0.15) is 0 Å². The molecule has 0 aliphatic carbocycles. The van der Waals surface area contributed by atoms with E-state index in [9.17, 15) is 9.59 Å². The molecule has 0 saturated carbocycles. The molecular weight excluding hydrogens is 274 g/mol. The fraction of sp³-hybridized carbons (Fsp3) is 0. The van der Waals surface area contributed by atoms with Gasteiger partial charge in [0.1, 0.15) is 4.88 Å². The molecule has 5 nitrogen and oxygen atoms in total. The molecule has 1 aromatic heterocycles. The van der Waals surface area contributed by atoms with E-state index >= 15 is 0 Å². The summed E-state index contributed by atoms with van der Waals surface area (Å²) >= 11 is 6.90. The predicted octanol–water partition coefficient (Wildman–Crippen LogP) is 2.15. The largest absolute Gasteiger partial charge is 0.365 e. The molecule has 0 radical (unpaired) electrons. The highest BCUT2D eigenvalue weighted by Crippen LogP contribution is 2.20. The molecule has 0 fully saturated rings. The summed E-state index contributed by atoms with van der Waals surface area (Å²) in [7, 11) is 0. The molecule has 7 heteroatoms. The number of anilines is 1. The summed E-state index contributed by atoms with van der Waals surface area (Å²) in [6, 6.07) is 6.65. The Bertz CT molecular complexity index is 612. The van der Waals surface area contributed by atoms with E-state index in [0.29, 0.717) is 15.7 Å². The number of carbonyl (C=O) groups is 2. The van der Waals surface area contributed by atoms with Crippen molar-refractivity contribution in [2.45, 2.75) is 0 Å². The quantitative estimate of drug-likeness (QED) is 0.904. The highest BCUT2D eigenvalue weighted by molar-refractivity contribution is 7.17. The highest BCUT2D eigenvalue weighted by Gasteiger charge is 2.13. The molecule has 0 aliphatic heterocycles. The average molecular weight is 282 g/mol. The van der Waals surface area contributed by atoms with Gasteiger partial charge in [-0.25, -0.2) is 4.98 Å². The van der Waals surface area contributed by atoms with Gasteiger partial charge >= 0.3 is 0 Å². The van der Waals surface area contributed by atoms with Crippen molar-refractivity contribution in [1.82, 2.24) is 4.98 Å². The van der Waals surface area contributed by atoms with Gasteiger partial charge in [0.05, 0.1) is 16.8 Å². The lowest BCUT2D eigenvalue weighted by Gasteiger charge is -2.02. The van der Waals surface area contributed by atoms with Crippen LogP contribution in [0.3, 0.4) is 0 Å². The van der Waals surface area contributed by atoms with Crippen LogP contribution in [0.4, 0.5) is 5.13 Å². The average Bonchev–Trinajstić information content (AvgIpc) is 2.78. The summed E-state index contributed by atoms with van der Waals surface area (Å²) in [5.41, 5.74) is 5.43. The van der Waals surface area contributed by atoms with Gasteiger partial charge in [-0.05, 0) is 12.1 Å². The summed E-state index contributed by atoms with van der Waals surface area (Å²) in [5, 5.41) is 3.20. The summed E-state index contributed by atoms with van der Waals surface area (Å²) in [5.74, 6) is -0.961. The second-order valence-corrected chi connectivity index (χ2v) is 4.77. The van der Waals surface area contributed by atoms with Gasteiger partial charge in [0, 0.05) is 0 Å². The molecule has 1 heterocycles. The number of rotatable bonds is 3. The topological polar surface area (TPSA) is 85.1 Å². The van der Waals surface area contributed by atoms with Crippen molar-refractivity contribution in [3.63, 3.8) is 0 Å². The first-order valence-corrected chi connectivity index (χ1v) is 6.09. The molecule has 0 unspecified atom stereocenters. The number of hydrogen-bond donors (Lipinski definition) is 2. The van der Waals surface area contributed by atoms with E-state index in [1.807, 2.05) is 0 Å². The Labute approximate surface area is 112 Å². The first-order chi connectivity index (χ1) is 8.58. The maximum Gasteiger partial charge on any atom is 0.260 e. The van der Waals surface area contributed by atoms with Gasteiger partial charge in [-0.3, -0.25) is 14.9 Å². The van der Waals surface area contributed by atoms with E-state index in [1.54, 1.807) is 24.3 Å². The molecule has 2 rings (SSSR count). The lowest BCUT2D eigenvalue weighted by Crippen LogP contribution is -2.12. The Balaban J connectivity index is 2.16. The van der Waals surface area contributed by atoms with Crippen molar-refractivity contribution < 1.29 is 9.59 Å². The Morgan fingerprint density at radius 3 is 2.67 bits per heavy atom. The van der Waals surface area contributed by atoms with Crippen LogP contribution in [0.5, 0.6) is 0 Å². The van der Waals surface area contributed by atoms with Crippen LogP contribution < -0.4 is 11.1 Å². The number of nitrogens with zero attached hydrogens (tertiary/aromatic N) is 1. The summed E-state index contributed by atoms with van der Waals surface area (Å²) in [6.07, 6.45) is 1.31. The Hall–Kier alpha value is -1.92. The number of halogens is 1. The Kier molecular flexibility index (Phi) is 3.59. The van der Waals surface area contributed by atoms with E-state index in [-0.39, 0.29) is 10.8 Å². The van der Waals surface area contributed by atoms with E-state index in [2.05, 4.69) is 10.3 Å². The number of benzene rings is 1. The lowest BCUT2D eigenvalue weighted by molar-refractivity contribution is 0.100. The summed E-state index contributed by atoms with van der Waals surface area (Å²) in [6.45, 7) is 0. The zero-order chi connectivity index (χ0) is 13.1. The number of primary amides is 1. The molecule has 0 saturated heterocycles. The van der Waals surface area contributed by atoms with Crippen molar-refractivity contribution in [1.29, 1.82) is 0 Å². The number of nitrogens with one attached hydrogen (secondary N) is 1. The van der Waals surface area contributed by atoms with E-state index in [1.165, 1.54) is 6.20 Å². The first-order valence-electron chi connectivity index (χ1n) is 4.89. The number of aromatic nitrogens is 1. The van der Waals surface area contributed by atoms with E-state index in [0.717, 1.165) is 11.3 Å². The van der Waals surface area contributed by atoms with Gasteiger partial charge in [-0.15, -0.1) is 0 Å². The van der Waals surface area contributed by atoms with Crippen LogP contribution in [-0.2, 0) is 0 Å². The van der Waals surface area contributed by atoms with Gasteiger partial charge in [0.25, 0.3) is 11.8 Å². The van der Waals surface area contributed by atoms with Crippen LogP contribution in [0, 0.1) is 0 Å². The lowest BCUT2D eigenvalue weighted by atomic mass is 10.2. The molecular formula is C11H8ClN3O2S. The summed E-state index contributed by atoms with van der Waals surface area (Å²) < 4.78 is 0. The van der Waals surface area contributed by atoms with Crippen molar-refractivity contribution in [3.8, 4) is 0 Å². The third-order valence-corrected chi connectivity index (χ3v) is 3.34. The predicted molar refractivity (Wildman–Crippen MR) is 70.0 cm³/mol. The zero-order valence-corrected chi connectivity index (χ0v) is 10.6. The minimum Gasteiger partial charge on any atom is -0.365 e. The minimum absolute atomic E-state index is 0.282. The first kappa shape index (κ1) is 12.5. The second-order valence-electron chi connectivity index (χ2n) is 3.33. The second kappa shape index (κ2) is 5.16. The molecule has 0 atom stereocenters.